The first-order chi connectivity index (χ1) is 32.7. The maximum atomic E-state index is 12.5. The van der Waals surface area contributed by atoms with Crippen molar-refractivity contribution in [2.75, 3.05) is 6.61 Å². The third-order valence-corrected chi connectivity index (χ3v) is 12.0. The van der Waals surface area contributed by atoms with Gasteiger partial charge in [0.05, 0.1) is 18.8 Å². The van der Waals surface area contributed by atoms with Crippen LogP contribution in [0.4, 0.5) is 0 Å². The van der Waals surface area contributed by atoms with Crippen LogP contribution >= 0.6 is 0 Å². The maximum Gasteiger partial charge on any atom is 0.220 e. The highest BCUT2D eigenvalue weighted by atomic mass is 16.3. The molecule has 0 aliphatic carbocycles. The second-order valence-electron chi connectivity index (χ2n) is 18.3. The Kier molecular flexibility index (Phi) is 53.4. The molecule has 0 saturated carbocycles. The molecule has 0 aliphatic heterocycles. The van der Waals surface area contributed by atoms with Crippen molar-refractivity contribution in [3.63, 3.8) is 0 Å². The molecule has 0 aromatic heterocycles. The van der Waals surface area contributed by atoms with Gasteiger partial charge in [0.25, 0.3) is 0 Å². The van der Waals surface area contributed by atoms with Crippen LogP contribution in [0.25, 0.3) is 0 Å². The standard InChI is InChI=1S/C62H105NO3/c1-3-5-7-9-11-13-15-17-19-21-23-24-25-26-27-28-29-30-31-32-33-34-35-36-37-38-40-42-44-46-48-50-52-54-56-58-62(66)63-60(59-64)61(65)57-55-53-51-49-47-45-43-41-39-22-20-18-16-14-12-10-8-6-4-2/h5,7,11,13,17,19,23-24,26-27,29-30,32-33,35-36,38,40,55,57,60-61,64-65H,3-4,6,8-10,12,14-16,18,20-22,25,28,31,34,37,39,41-54,56,58-59H2,1-2H3,(H,63,66)/b7-5-,13-11-,19-17-,24-23-,27-26-,30-29-,33-32-,36-35-,40-38-,57-55+. The lowest BCUT2D eigenvalue weighted by Gasteiger charge is -2.20. The molecular formula is C62H105NO3. The fraction of sp³-hybridized carbons (Fsp3) is 0.661. The topological polar surface area (TPSA) is 69.6 Å². The highest BCUT2D eigenvalue weighted by molar-refractivity contribution is 5.76. The van der Waals surface area contributed by atoms with Gasteiger partial charge < -0.3 is 15.5 Å². The average molecular weight is 913 g/mol. The van der Waals surface area contributed by atoms with Crippen molar-refractivity contribution in [1.82, 2.24) is 5.32 Å². The first-order valence-corrected chi connectivity index (χ1v) is 27.7. The first-order valence-electron chi connectivity index (χ1n) is 27.7. The van der Waals surface area contributed by atoms with Crippen LogP contribution in [-0.4, -0.2) is 34.9 Å². The van der Waals surface area contributed by atoms with Gasteiger partial charge in [-0.05, 0) is 89.9 Å². The highest BCUT2D eigenvalue weighted by Crippen LogP contribution is 2.15. The number of aliphatic hydroxyl groups excluding tert-OH is 2. The monoisotopic (exact) mass is 912 g/mol. The van der Waals surface area contributed by atoms with Crippen LogP contribution in [0.2, 0.25) is 0 Å². The number of amides is 1. The second-order valence-corrected chi connectivity index (χ2v) is 18.3. The zero-order valence-corrected chi connectivity index (χ0v) is 43.2. The summed E-state index contributed by atoms with van der Waals surface area (Å²) in [5.74, 6) is -0.0791. The van der Waals surface area contributed by atoms with Crippen LogP contribution in [0.1, 0.15) is 245 Å². The Labute approximate surface area is 409 Å². The molecular weight excluding hydrogens is 807 g/mol. The van der Waals surface area contributed by atoms with Crippen LogP contribution in [0.5, 0.6) is 0 Å². The van der Waals surface area contributed by atoms with E-state index in [1.807, 2.05) is 6.08 Å². The molecule has 376 valence electrons. The molecule has 2 unspecified atom stereocenters. The molecule has 66 heavy (non-hydrogen) atoms. The molecule has 0 heterocycles. The van der Waals surface area contributed by atoms with E-state index < -0.39 is 12.1 Å². The van der Waals surface area contributed by atoms with Crippen molar-refractivity contribution in [2.45, 2.75) is 257 Å². The molecule has 4 nitrogen and oxygen atoms in total. The van der Waals surface area contributed by atoms with E-state index in [2.05, 4.69) is 129 Å². The number of carbonyl (C=O) groups is 1. The van der Waals surface area contributed by atoms with Gasteiger partial charge in [-0.25, -0.2) is 0 Å². The largest absolute Gasteiger partial charge is 0.394 e. The van der Waals surface area contributed by atoms with Gasteiger partial charge in [0, 0.05) is 6.42 Å². The Hall–Kier alpha value is -3.21. The molecule has 4 heteroatoms. The van der Waals surface area contributed by atoms with Gasteiger partial charge in [0.1, 0.15) is 0 Å². The normalized spacial score (nSPS) is 13.8. The van der Waals surface area contributed by atoms with Gasteiger partial charge in [-0.1, -0.05) is 270 Å². The Bertz CT molecular complexity index is 1310. The summed E-state index contributed by atoms with van der Waals surface area (Å²) < 4.78 is 0. The van der Waals surface area contributed by atoms with E-state index in [1.54, 1.807) is 6.08 Å². The summed E-state index contributed by atoms with van der Waals surface area (Å²) in [5, 5.41) is 23.1. The van der Waals surface area contributed by atoms with E-state index in [-0.39, 0.29) is 12.5 Å². The van der Waals surface area contributed by atoms with Gasteiger partial charge in [-0.2, -0.15) is 0 Å². The fourth-order valence-corrected chi connectivity index (χ4v) is 7.76. The molecule has 0 aliphatic rings. The number of carbonyl (C=O) groups excluding carboxylic acids is 1. The van der Waals surface area contributed by atoms with Crippen molar-refractivity contribution >= 4 is 5.91 Å². The van der Waals surface area contributed by atoms with Gasteiger partial charge in [0.2, 0.25) is 5.91 Å². The van der Waals surface area contributed by atoms with Crippen molar-refractivity contribution in [3.05, 3.63) is 122 Å². The number of hydrogen-bond acceptors (Lipinski definition) is 3. The van der Waals surface area contributed by atoms with E-state index in [9.17, 15) is 15.0 Å². The zero-order chi connectivity index (χ0) is 47.7. The lowest BCUT2D eigenvalue weighted by atomic mass is 10.0. The average Bonchev–Trinajstić information content (AvgIpc) is 3.32. The van der Waals surface area contributed by atoms with Gasteiger partial charge >= 0.3 is 0 Å². The van der Waals surface area contributed by atoms with E-state index in [0.29, 0.717) is 6.42 Å². The molecule has 0 fully saturated rings. The minimum atomic E-state index is -0.853. The third kappa shape index (κ3) is 51.8. The van der Waals surface area contributed by atoms with Crippen molar-refractivity contribution in [2.24, 2.45) is 0 Å². The van der Waals surface area contributed by atoms with Crippen molar-refractivity contribution in [1.29, 1.82) is 0 Å². The number of hydrogen-bond donors (Lipinski definition) is 3. The van der Waals surface area contributed by atoms with Crippen LogP contribution < -0.4 is 5.32 Å². The Morgan fingerprint density at radius 3 is 1.00 bits per heavy atom. The molecule has 0 spiro atoms. The number of nitrogens with one attached hydrogen (secondary N) is 1. The molecule has 0 radical (unpaired) electrons. The molecule has 2 atom stereocenters. The highest BCUT2D eigenvalue weighted by Gasteiger charge is 2.18. The summed E-state index contributed by atoms with van der Waals surface area (Å²) in [6.45, 7) is 4.19. The summed E-state index contributed by atoms with van der Waals surface area (Å²) in [5.41, 5.74) is 0. The molecule has 0 saturated heterocycles. The summed E-state index contributed by atoms with van der Waals surface area (Å²) in [4.78, 5) is 12.5. The quantitative estimate of drug-likeness (QED) is 0.0421. The predicted octanol–water partition coefficient (Wildman–Crippen LogP) is 18.5. The molecule has 0 aromatic rings. The van der Waals surface area contributed by atoms with Gasteiger partial charge in [-0.15, -0.1) is 0 Å². The number of rotatable bonds is 49. The van der Waals surface area contributed by atoms with Crippen LogP contribution in [-0.2, 0) is 4.79 Å². The van der Waals surface area contributed by atoms with Gasteiger partial charge in [-0.3, -0.25) is 4.79 Å². The number of unbranched alkanes of at least 4 members (excludes halogenated alkanes) is 24. The first kappa shape index (κ1) is 62.8. The molecule has 1 amide bonds. The molecule has 0 aromatic carbocycles. The summed E-state index contributed by atoms with van der Waals surface area (Å²) in [7, 11) is 0. The third-order valence-electron chi connectivity index (χ3n) is 12.0. The lowest BCUT2D eigenvalue weighted by molar-refractivity contribution is -0.123. The summed E-state index contributed by atoms with van der Waals surface area (Å²) in [6, 6.07) is -0.637. The lowest BCUT2D eigenvalue weighted by Crippen LogP contribution is -2.45. The van der Waals surface area contributed by atoms with Crippen LogP contribution in [0.15, 0.2) is 122 Å². The van der Waals surface area contributed by atoms with Crippen LogP contribution in [0, 0.1) is 0 Å². The van der Waals surface area contributed by atoms with E-state index >= 15 is 0 Å². The minimum absolute atomic E-state index is 0.0791. The fourth-order valence-electron chi connectivity index (χ4n) is 7.76. The van der Waals surface area contributed by atoms with Gasteiger partial charge in [0.15, 0.2) is 0 Å². The Morgan fingerprint density at radius 1 is 0.379 bits per heavy atom. The molecule has 0 bridgehead atoms. The summed E-state index contributed by atoms with van der Waals surface area (Å²) in [6.07, 6.45) is 86.2. The zero-order valence-electron chi connectivity index (χ0n) is 43.2. The number of allylic oxidation sites excluding steroid dienone is 19. The smallest absolute Gasteiger partial charge is 0.220 e. The predicted molar refractivity (Wildman–Crippen MR) is 294 cm³/mol. The Balaban J connectivity index is 3.64. The van der Waals surface area contributed by atoms with Crippen LogP contribution in [0.3, 0.4) is 0 Å². The van der Waals surface area contributed by atoms with Crippen molar-refractivity contribution < 1.29 is 15.0 Å². The van der Waals surface area contributed by atoms with E-state index in [4.69, 9.17) is 0 Å². The molecule has 3 N–H and O–H groups in total. The summed E-state index contributed by atoms with van der Waals surface area (Å²) >= 11 is 0. The minimum Gasteiger partial charge on any atom is -0.394 e. The Morgan fingerprint density at radius 2 is 0.667 bits per heavy atom. The molecule has 0 rings (SSSR count). The van der Waals surface area contributed by atoms with Crippen molar-refractivity contribution in [3.8, 4) is 0 Å². The SMILES string of the molecule is CC/C=C\C/C=C\C/C=C\C/C=C\C/C=C\C/C=C\C/C=C\C/C=C\C/C=C\CCCCCCCCCC(=O)NC(CO)C(O)/C=C/CCCCCCCCCCCCCCCCCCC. The van der Waals surface area contributed by atoms with E-state index in [0.717, 1.165) is 96.3 Å². The maximum absolute atomic E-state index is 12.5. The van der Waals surface area contributed by atoms with E-state index in [1.165, 1.54) is 128 Å². The second kappa shape index (κ2) is 56.1. The number of aliphatic hydroxyl groups is 2.